The van der Waals surface area contributed by atoms with Crippen molar-refractivity contribution in [3.63, 3.8) is 0 Å². The molecule has 0 spiro atoms. The average molecular weight is 352 g/mol. The summed E-state index contributed by atoms with van der Waals surface area (Å²) in [4.78, 5) is 4.52. The van der Waals surface area contributed by atoms with Crippen LogP contribution >= 0.6 is 15.9 Å². The number of rotatable bonds is 3. The molecule has 1 aromatic carbocycles. The van der Waals surface area contributed by atoms with Crippen molar-refractivity contribution in [1.82, 2.24) is 9.55 Å². The highest BCUT2D eigenvalue weighted by atomic mass is 79.9. The molecule has 0 bridgehead atoms. The van der Waals surface area contributed by atoms with Crippen LogP contribution in [0.2, 0.25) is 0 Å². The standard InChI is InChI=1S/C16H22BrN3O/c1-3-16(4-2)10-12(7-8-21-16)20-14-6-5-11(17)9-13(14)19-15(20)18/h5-6,9,12H,3-4,7-8,10H2,1-2H3,(H2,18,19). The van der Waals surface area contributed by atoms with E-state index >= 15 is 0 Å². The van der Waals surface area contributed by atoms with Crippen molar-refractivity contribution in [3.8, 4) is 0 Å². The predicted octanol–water partition coefficient (Wildman–Crippen LogP) is 4.29. The van der Waals surface area contributed by atoms with E-state index in [1.807, 2.05) is 12.1 Å². The molecule has 1 atom stereocenters. The third-order valence-corrected chi connectivity index (χ3v) is 5.29. The Morgan fingerprint density at radius 2 is 2.19 bits per heavy atom. The van der Waals surface area contributed by atoms with Crippen LogP contribution in [0.1, 0.15) is 45.6 Å². The van der Waals surface area contributed by atoms with Gasteiger partial charge in [0.1, 0.15) is 0 Å². The molecule has 0 aliphatic carbocycles. The number of hydrogen-bond acceptors (Lipinski definition) is 3. The van der Waals surface area contributed by atoms with Gasteiger partial charge >= 0.3 is 0 Å². The second kappa shape index (κ2) is 5.61. The number of imidazole rings is 1. The molecule has 1 unspecified atom stereocenters. The van der Waals surface area contributed by atoms with Crippen LogP contribution in [-0.4, -0.2) is 21.8 Å². The number of fused-ring (bicyclic) bond motifs is 1. The minimum absolute atomic E-state index is 0.0126. The maximum atomic E-state index is 6.20. The summed E-state index contributed by atoms with van der Waals surface area (Å²) in [6, 6.07) is 6.53. The summed E-state index contributed by atoms with van der Waals surface area (Å²) in [5, 5.41) is 0. The van der Waals surface area contributed by atoms with E-state index in [1.54, 1.807) is 0 Å². The first-order chi connectivity index (χ1) is 10.1. The van der Waals surface area contributed by atoms with Gasteiger partial charge in [0.25, 0.3) is 0 Å². The molecule has 0 saturated carbocycles. The van der Waals surface area contributed by atoms with Crippen LogP contribution in [-0.2, 0) is 4.74 Å². The molecule has 2 aromatic rings. The lowest BCUT2D eigenvalue weighted by atomic mass is 9.85. The van der Waals surface area contributed by atoms with Gasteiger partial charge in [0.05, 0.1) is 16.6 Å². The lowest BCUT2D eigenvalue weighted by molar-refractivity contribution is -0.0979. The Morgan fingerprint density at radius 3 is 2.90 bits per heavy atom. The smallest absolute Gasteiger partial charge is 0.201 e. The molecule has 1 fully saturated rings. The molecule has 0 radical (unpaired) electrons. The molecule has 2 N–H and O–H groups in total. The molecule has 1 aliphatic rings. The van der Waals surface area contributed by atoms with Crippen LogP contribution in [0.4, 0.5) is 5.95 Å². The predicted molar refractivity (Wildman–Crippen MR) is 89.4 cm³/mol. The number of hydrogen-bond donors (Lipinski definition) is 1. The van der Waals surface area contributed by atoms with E-state index in [2.05, 4.69) is 45.4 Å². The molecule has 1 aliphatic heterocycles. The molecule has 4 nitrogen and oxygen atoms in total. The normalized spacial score (nSPS) is 21.8. The Hall–Kier alpha value is -1.07. The summed E-state index contributed by atoms with van der Waals surface area (Å²) in [6.07, 6.45) is 4.08. The lowest BCUT2D eigenvalue weighted by Crippen LogP contribution is -2.39. The van der Waals surface area contributed by atoms with Crippen LogP contribution in [0.15, 0.2) is 22.7 Å². The van der Waals surface area contributed by atoms with E-state index in [0.29, 0.717) is 12.0 Å². The molecule has 0 amide bonds. The number of anilines is 1. The maximum Gasteiger partial charge on any atom is 0.201 e. The highest BCUT2D eigenvalue weighted by molar-refractivity contribution is 9.10. The van der Waals surface area contributed by atoms with E-state index in [0.717, 1.165) is 47.8 Å². The molecule has 5 heteroatoms. The third-order valence-electron chi connectivity index (χ3n) is 4.80. The Balaban J connectivity index is 2.02. The van der Waals surface area contributed by atoms with E-state index in [1.165, 1.54) is 0 Å². The molecule has 1 saturated heterocycles. The number of nitrogen functional groups attached to an aromatic ring is 1. The molecular weight excluding hydrogens is 330 g/mol. The quantitative estimate of drug-likeness (QED) is 0.897. The van der Waals surface area contributed by atoms with Gasteiger partial charge in [0.2, 0.25) is 5.95 Å². The van der Waals surface area contributed by atoms with Gasteiger partial charge in [-0.3, -0.25) is 0 Å². The van der Waals surface area contributed by atoms with Crippen molar-refractivity contribution in [3.05, 3.63) is 22.7 Å². The molecule has 2 heterocycles. The van der Waals surface area contributed by atoms with Gasteiger partial charge in [-0.25, -0.2) is 4.98 Å². The Labute approximate surface area is 133 Å². The number of halogens is 1. The maximum absolute atomic E-state index is 6.20. The van der Waals surface area contributed by atoms with Gasteiger partial charge in [0.15, 0.2) is 0 Å². The number of nitrogens with zero attached hydrogens (tertiary/aromatic N) is 2. The number of benzene rings is 1. The SMILES string of the molecule is CCC1(CC)CC(n2c(N)nc3cc(Br)ccc32)CCO1. The number of aromatic nitrogens is 2. The zero-order valence-electron chi connectivity index (χ0n) is 12.6. The second-order valence-electron chi connectivity index (χ2n) is 5.86. The van der Waals surface area contributed by atoms with Crippen LogP contribution in [0.5, 0.6) is 0 Å². The largest absolute Gasteiger partial charge is 0.375 e. The van der Waals surface area contributed by atoms with Crippen molar-refractivity contribution >= 4 is 32.9 Å². The Morgan fingerprint density at radius 1 is 1.43 bits per heavy atom. The number of ether oxygens (including phenoxy) is 1. The molecule has 3 rings (SSSR count). The van der Waals surface area contributed by atoms with E-state index in [-0.39, 0.29) is 5.60 Å². The van der Waals surface area contributed by atoms with E-state index in [9.17, 15) is 0 Å². The fraction of sp³-hybridized carbons (Fsp3) is 0.562. The van der Waals surface area contributed by atoms with Crippen molar-refractivity contribution < 1.29 is 4.74 Å². The first-order valence-corrected chi connectivity index (χ1v) is 8.45. The van der Waals surface area contributed by atoms with Crippen LogP contribution in [0.25, 0.3) is 11.0 Å². The van der Waals surface area contributed by atoms with Gasteiger partial charge in [-0.05, 0) is 43.9 Å². The zero-order chi connectivity index (χ0) is 15.0. The minimum Gasteiger partial charge on any atom is -0.375 e. The molecule has 21 heavy (non-hydrogen) atoms. The first kappa shape index (κ1) is 14.9. The molecular formula is C16H22BrN3O. The lowest BCUT2D eigenvalue weighted by Gasteiger charge is -2.40. The highest BCUT2D eigenvalue weighted by Gasteiger charge is 2.36. The summed E-state index contributed by atoms with van der Waals surface area (Å²) >= 11 is 3.49. The number of nitrogens with two attached hydrogens (primary N) is 1. The fourth-order valence-corrected chi connectivity index (χ4v) is 3.79. The van der Waals surface area contributed by atoms with Gasteiger partial charge in [-0.1, -0.05) is 29.8 Å². The van der Waals surface area contributed by atoms with Gasteiger partial charge < -0.3 is 15.0 Å². The topological polar surface area (TPSA) is 53.1 Å². The Kier molecular flexibility index (Phi) is 3.97. The van der Waals surface area contributed by atoms with Crippen molar-refractivity contribution in [2.24, 2.45) is 0 Å². The Bertz CT molecular complexity index is 648. The van der Waals surface area contributed by atoms with E-state index in [4.69, 9.17) is 10.5 Å². The van der Waals surface area contributed by atoms with Crippen LogP contribution < -0.4 is 5.73 Å². The highest BCUT2D eigenvalue weighted by Crippen LogP contribution is 2.39. The average Bonchev–Trinajstić information content (AvgIpc) is 2.82. The monoisotopic (exact) mass is 351 g/mol. The minimum atomic E-state index is -0.0126. The van der Waals surface area contributed by atoms with Gasteiger partial charge in [0, 0.05) is 17.1 Å². The van der Waals surface area contributed by atoms with Gasteiger partial charge in [-0.15, -0.1) is 0 Å². The summed E-state index contributed by atoms with van der Waals surface area (Å²) in [6.45, 7) is 5.21. The molecule has 1 aromatic heterocycles. The third kappa shape index (κ3) is 2.57. The summed E-state index contributed by atoms with van der Waals surface area (Å²) in [7, 11) is 0. The van der Waals surface area contributed by atoms with Crippen molar-refractivity contribution in [1.29, 1.82) is 0 Å². The van der Waals surface area contributed by atoms with Crippen LogP contribution in [0, 0.1) is 0 Å². The van der Waals surface area contributed by atoms with Gasteiger partial charge in [-0.2, -0.15) is 0 Å². The zero-order valence-corrected chi connectivity index (χ0v) is 14.2. The van der Waals surface area contributed by atoms with E-state index < -0.39 is 0 Å². The molecule has 114 valence electrons. The second-order valence-corrected chi connectivity index (χ2v) is 6.77. The summed E-state index contributed by atoms with van der Waals surface area (Å²) in [5.41, 5.74) is 8.25. The summed E-state index contributed by atoms with van der Waals surface area (Å²) < 4.78 is 9.31. The fourth-order valence-electron chi connectivity index (χ4n) is 3.44. The van der Waals surface area contributed by atoms with Crippen molar-refractivity contribution in [2.45, 2.75) is 51.2 Å². The van der Waals surface area contributed by atoms with Crippen molar-refractivity contribution in [2.75, 3.05) is 12.3 Å². The first-order valence-electron chi connectivity index (χ1n) is 7.65. The van der Waals surface area contributed by atoms with Crippen LogP contribution in [0.3, 0.4) is 0 Å². The summed E-state index contributed by atoms with van der Waals surface area (Å²) in [5.74, 6) is 0.608.